The Balaban J connectivity index is 2.15. The summed E-state index contributed by atoms with van der Waals surface area (Å²) >= 11 is 0. The minimum atomic E-state index is -0.429. The highest BCUT2D eigenvalue weighted by Gasteiger charge is 2.11. The zero-order chi connectivity index (χ0) is 17.0. The number of nitrogens with zero attached hydrogens (tertiary/aromatic N) is 1. The second kappa shape index (κ2) is 7.13. The van der Waals surface area contributed by atoms with Crippen molar-refractivity contribution in [3.8, 4) is 11.5 Å². The summed E-state index contributed by atoms with van der Waals surface area (Å²) in [7, 11) is 4.82. The molecule has 0 fully saturated rings. The van der Waals surface area contributed by atoms with Crippen molar-refractivity contribution in [1.82, 2.24) is 4.90 Å². The Kier molecular flexibility index (Phi) is 5.21. The van der Waals surface area contributed by atoms with Crippen LogP contribution in [0.3, 0.4) is 0 Å². The molecule has 0 N–H and O–H groups in total. The summed E-state index contributed by atoms with van der Waals surface area (Å²) in [4.78, 5) is 13.5. The fraction of sp³-hybridized carbons (Fsp3) is 0.278. The van der Waals surface area contributed by atoms with Gasteiger partial charge in [0.1, 0.15) is 12.4 Å². The average Bonchev–Trinajstić information content (AvgIpc) is 2.53. The smallest absolute Gasteiger partial charge is 0.253 e. The molecule has 2 aromatic rings. The Hall–Kier alpha value is -2.56. The Morgan fingerprint density at radius 1 is 1.13 bits per heavy atom. The highest BCUT2D eigenvalue weighted by atomic mass is 19.1. The van der Waals surface area contributed by atoms with E-state index in [2.05, 4.69) is 0 Å². The van der Waals surface area contributed by atoms with Gasteiger partial charge in [-0.05, 0) is 42.3 Å². The van der Waals surface area contributed by atoms with E-state index in [1.54, 1.807) is 38.4 Å². The van der Waals surface area contributed by atoms with E-state index in [1.807, 2.05) is 13.0 Å². The molecule has 122 valence electrons. The topological polar surface area (TPSA) is 38.8 Å². The number of hydrogen-bond donors (Lipinski definition) is 0. The van der Waals surface area contributed by atoms with Crippen LogP contribution in [0.2, 0.25) is 0 Å². The van der Waals surface area contributed by atoms with Gasteiger partial charge in [0.2, 0.25) is 0 Å². The maximum absolute atomic E-state index is 13.7. The summed E-state index contributed by atoms with van der Waals surface area (Å²) in [5, 5.41) is 0. The summed E-state index contributed by atoms with van der Waals surface area (Å²) in [5.74, 6) is 0.282. The van der Waals surface area contributed by atoms with Crippen LogP contribution in [0, 0.1) is 12.7 Å². The predicted octanol–water partition coefficient (Wildman–Crippen LogP) is 3.42. The maximum Gasteiger partial charge on any atom is 0.253 e. The third-order valence-electron chi connectivity index (χ3n) is 3.45. The minimum absolute atomic E-state index is 0.0923. The molecule has 0 aromatic heterocycles. The molecular formula is C18H20FNO3. The van der Waals surface area contributed by atoms with Gasteiger partial charge in [0.05, 0.1) is 7.11 Å². The largest absolute Gasteiger partial charge is 0.494 e. The van der Waals surface area contributed by atoms with E-state index < -0.39 is 5.82 Å². The predicted molar refractivity (Wildman–Crippen MR) is 86.5 cm³/mol. The van der Waals surface area contributed by atoms with Crippen LogP contribution in [0.1, 0.15) is 21.5 Å². The standard InChI is InChI=1S/C18H20FNO3/c1-12-5-7-14(18(21)20(2)3)10-17(12)23-11-13-6-8-16(22-4)15(19)9-13/h5-10H,11H2,1-4H3. The molecule has 0 heterocycles. The number of halogens is 1. The number of aryl methyl sites for hydroxylation is 1. The number of ether oxygens (including phenoxy) is 2. The molecule has 0 saturated carbocycles. The van der Waals surface area contributed by atoms with Crippen molar-refractivity contribution in [1.29, 1.82) is 0 Å². The van der Waals surface area contributed by atoms with Crippen molar-refractivity contribution < 1.29 is 18.7 Å². The zero-order valence-corrected chi connectivity index (χ0v) is 13.7. The lowest BCUT2D eigenvalue weighted by Gasteiger charge is -2.14. The van der Waals surface area contributed by atoms with Gasteiger partial charge in [-0.15, -0.1) is 0 Å². The molecule has 1 amide bonds. The van der Waals surface area contributed by atoms with Gasteiger partial charge in [-0.1, -0.05) is 12.1 Å². The first-order valence-corrected chi connectivity index (χ1v) is 7.20. The van der Waals surface area contributed by atoms with Gasteiger partial charge in [-0.3, -0.25) is 4.79 Å². The summed E-state index contributed by atoms with van der Waals surface area (Å²) < 4.78 is 24.3. The third kappa shape index (κ3) is 4.00. The van der Waals surface area contributed by atoms with Gasteiger partial charge in [-0.2, -0.15) is 0 Å². The molecule has 0 aliphatic heterocycles. The molecule has 5 heteroatoms. The Labute approximate surface area is 135 Å². The fourth-order valence-corrected chi connectivity index (χ4v) is 2.11. The molecule has 0 spiro atoms. The number of hydrogen-bond acceptors (Lipinski definition) is 3. The van der Waals surface area contributed by atoms with E-state index in [4.69, 9.17) is 9.47 Å². The monoisotopic (exact) mass is 317 g/mol. The van der Waals surface area contributed by atoms with Gasteiger partial charge in [0.25, 0.3) is 5.91 Å². The lowest BCUT2D eigenvalue weighted by atomic mass is 10.1. The molecule has 0 saturated heterocycles. The first-order chi connectivity index (χ1) is 10.9. The van der Waals surface area contributed by atoms with Gasteiger partial charge in [-0.25, -0.2) is 4.39 Å². The molecule has 0 aliphatic carbocycles. The second-order valence-corrected chi connectivity index (χ2v) is 5.44. The Bertz CT molecular complexity index is 713. The summed E-state index contributed by atoms with van der Waals surface area (Å²) in [6.07, 6.45) is 0. The first-order valence-electron chi connectivity index (χ1n) is 7.20. The van der Waals surface area contributed by atoms with Crippen LogP contribution in [0.15, 0.2) is 36.4 Å². The van der Waals surface area contributed by atoms with E-state index >= 15 is 0 Å². The van der Waals surface area contributed by atoms with Crippen LogP contribution < -0.4 is 9.47 Å². The third-order valence-corrected chi connectivity index (χ3v) is 3.45. The summed E-state index contributed by atoms with van der Waals surface area (Å²) in [6, 6.07) is 9.98. The van der Waals surface area contributed by atoms with E-state index in [-0.39, 0.29) is 18.3 Å². The fourth-order valence-electron chi connectivity index (χ4n) is 2.11. The normalized spacial score (nSPS) is 10.3. The van der Waals surface area contributed by atoms with Crippen molar-refractivity contribution in [2.45, 2.75) is 13.5 Å². The molecule has 23 heavy (non-hydrogen) atoms. The van der Waals surface area contributed by atoms with Gasteiger partial charge in [0, 0.05) is 19.7 Å². The van der Waals surface area contributed by atoms with Crippen LogP contribution in [-0.4, -0.2) is 32.0 Å². The molecule has 0 radical (unpaired) electrons. The summed E-state index contributed by atoms with van der Waals surface area (Å²) in [6.45, 7) is 2.11. The van der Waals surface area contributed by atoms with Crippen LogP contribution in [-0.2, 0) is 6.61 Å². The molecule has 0 aliphatic rings. The van der Waals surface area contributed by atoms with E-state index in [9.17, 15) is 9.18 Å². The van der Waals surface area contributed by atoms with E-state index in [0.717, 1.165) is 5.56 Å². The highest BCUT2D eigenvalue weighted by Crippen LogP contribution is 2.23. The minimum Gasteiger partial charge on any atom is -0.494 e. The number of carbonyl (C=O) groups excluding carboxylic acids is 1. The van der Waals surface area contributed by atoms with Crippen LogP contribution in [0.5, 0.6) is 11.5 Å². The second-order valence-electron chi connectivity index (χ2n) is 5.44. The van der Waals surface area contributed by atoms with Crippen molar-refractivity contribution in [3.63, 3.8) is 0 Å². The number of carbonyl (C=O) groups is 1. The summed E-state index contributed by atoms with van der Waals surface area (Å²) in [5.41, 5.74) is 2.15. The van der Waals surface area contributed by atoms with Crippen LogP contribution in [0.25, 0.3) is 0 Å². The quantitative estimate of drug-likeness (QED) is 0.848. The number of amides is 1. The lowest BCUT2D eigenvalue weighted by molar-refractivity contribution is 0.0827. The SMILES string of the molecule is COc1ccc(COc2cc(C(=O)N(C)C)ccc2C)cc1F. The molecule has 0 bridgehead atoms. The van der Waals surface area contributed by atoms with Gasteiger partial charge in [0.15, 0.2) is 11.6 Å². The molecule has 0 unspecified atom stereocenters. The number of methoxy groups -OCH3 is 1. The van der Waals surface area contributed by atoms with Crippen molar-refractivity contribution in [2.24, 2.45) is 0 Å². The Morgan fingerprint density at radius 3 is 2.48 bits per heavy atom. The van der Waals surface area contributed by atoms with Crippen LogP contribution in [0.4, 0.5) is 4.39 Å². The highest BCUT2D eigenvalue weighted by molar-refractivity contribution is 5.94. The average molecular weight is 317 g/mol. The zero-order valence-electron chi connectivity index (χ0n) is 13.7. The molecular weight excluding hydrogens is 297 g/mol. The van der Waals surface area contributed by atoms with Crippen molar-refractivity contribution in [3.05, 3.63) is 58.9 Å². The van der Waals surface area contributed by atoms with Gasteiger partial charge < -0.3 is 14.4 Å². The Morgan fingerprint density at radius 2 is 1.87 bits per heavy atom. The van der Waals surface area contributed by atoms with Crippen molar-refractivity contribution in [2.75, 3.05) is 21.2 Å². The van der Waals surface area contributed by atoms with E-state index in [0.29, 0.717) is 16.9 Å². The molecule has 4 nitrogen and oxygen atoms in total. The van der Waals surface area contributed by atoms with Crippen molar-refractivity contribution >= 4 is 5.91 Å². The molecule has 2 rings (SSSR count). The molecule has 2 aromatic carbocycles. The first kappa shape index (κ1) is 16.8. The maximum atomic E-state index is 13.7. The van der Waals surface area contributed by atoms with E-state index in [1.165, 1.54) is 18.1 Å². The number of rotatable bonds is 5. The lowest BCUT2D eigenvalue weighted by Crippen LogP contribution is -2.21. The van der Waals surface area contributed by atoms with Gasteiger partial charge >= 0.3 is 0 Å². The van der Waals surface area contributed by atoms with Crippen LogP contribution >= 0.6 is 0 Å². The molecule has 0 atom stereocenters. The number of benzene rings is 2.